The molecule has 2 aromatic rings. The van der Waals surface area contributed by atoms with Gasteiger partial charge in [-0.1, -0.05) is 35.9 Å². The summed E-state index contributed by atoms with van der Waals surface area (Å²) < 4.78 is 0. The minimum Gasteiger partial charge on any atom is -0.365 e. The van der Waals surface area contributed by atoms with Gasteiger partial charge in [0, 0.05) is 19.3 Å². The summed E-state index contributed by atoms with van der Waals surface area (Å²) in [4.78, 5) is 4.12. The zero-order valence-corrected chi connectivity index (χ0v) is 11.0. The molecule has 0 radical (unpaired) electrons. The monoisotopic (exact) mass is 272 g/mol. The highest BCUT2D eigenvalue weighted by Crippen LogP contribution is 2.23. The maximum Gasteiger partial charge on any atom is 0.146 e. The van der Waals surface area contributed by atoms with Crippen molar-refractivity contribution < 1.29 is 0 Å². The first-order chi connectivity index (χ1) is 9.24. The number of benzene rings is 1. The first-order valence-corrected chi connectivity index (χ1v) is 6.18. The largest absolute Gasteiger partial charge is 0.365 e. The van der Waals surface area contributed by atoms with Crippen molar-refractivity contribution in [3.8, 4) is 6.07 Å². The number of aromatic nitrogens is 1. The number of nitriles is 1. The summed E-state index contributed by atoms with van der Waals surface area (Å²) in [6.07, 6.45) is 1.56. The number of nitrogens with one attached hydrogen (secondary N) is 1. The van der Waals surface area contributed by atoms with Crippen LogP contribution < -0.4 is 11.1 Å². The molecule has 4 nitrogen and oxygen atoms in total. The van der Waals surface area contributed by atoms with E-state index in [4.69, 9.17) is 22.6 Å². The van der Waals surface area contributed by atoms with E-state index in [2.05, 4.69) is 10.3 Å². The molecule has 2 rings (SSSR count). The smallest absolute Gasteiger partial charge is 0.146 e. The molecule has 0 amide bonds. The van der Waals surface area contributed by atoms with E-state index in [1.165, 1.54) is 0 Å². The zero-order chi connectivity index (χ0) is 13.7. The first-order valence-electron chi connectivity index (χ1n) is 5.81. The van der Waals surface area contributed by atoms with Gasteiger partial charge in [-0.05, 0) is 17.2 Å². The molecule has 19 heavy (non-hydrogen) atoms. The van der Waals surface area contributed by atoms with Gasteiger partial charge in [-0.25, -0.2) is 4.98 Å². The number of anilines is 1. The normalized spacial score (nSPS) is 9.95. The van der Waals surface area contributed by atoms with Crippen molar-refractivity contribution in [2.45, 2.75) is 13.1 Å². The van der Waals surface area contributed by atoms with Crippen LogP contribution in [0.25, 0.3) is 0 Å². The third-order valence-corrected chi connectivity index (χ3v) is 3.11. The molecule has 96 valence electrons. The van der Waals surface area contributed by atoms with Crippen LogP contribution in [-0.2, 0) is 13.1 Å². The van der Waals surface area contributed by atoms with Gasteiger partial charge in [-0.15, -0.1) is 0 Å². The number of rotatable bonds is 4. The van der Waals surface area contributed by atoms with E-state index < -0.39 is 0 Å². The van der Waals surface area contributed by atoms with Crippen LogP contribution in [0.4, 0.5) is 5.82 Å². The minimum atomic E-state index is 0.351. The van der Waals surface area contributed by atoms with Crippen molar-refractivity contribution in [1.29, 1.82) is 5.26 Å². The zero-order valence-electron chi connectivity index (χ0n) is 10.2. The maximum atomic E-state index is 8.88. The van der Waals surface area contributed by atoms with Crippen LogP contribution in [0.3, 0.4) is 0 Å². The SMILES string of the molecule is N#Cc1ccnc(NCc2ccc(CN)cc2)c1Cl. The fraction of sp³-hybridized carbons (Fsp3) is 0.143. The number of hydrogen-bond acceptors (Lipinski definition) is 4. The predicted molar refractivity (Wildman–Crippen MR) is 75.6 cm³/mol. The molecule has 0 saturated carbocycles. The van der Waals surface area contributed by atoms with Gasteiger partial charge in [-0.3, -0.25) is 0 Å². The molecular weight excluding hydrogens is 260 g/mol. The highest BCUT2D eigenvalue weighted by atomic mass is 35.5. The van der Waals surface area contributed by atoms with E-state index in [0.29, 0.717) is 29.5 Å². The summed E-state index contributed by atoms with van der Waals surface area (Å²) in [5, 5.41) is 12.4. The second kappa shape index (κ2) is 6.19. The molecule has 0 bridgehead atoms. The van der Waals surface area contributed by atoms with E-state index in [-0.39, 0.29) is 0 Å². The summed E-state index contributed by atoms with van der Waals surface area (Å²) in [7, 11) is 0. The van der Waals surface area contributed by atoms with Crippen LogP contribution in [0.15, 0.2) is 36.5 Å². The third-order valence-electron chi connectivity index (χ3n) is 2.73. The molecule has 0 aliphatic rings. The van der Waals surface area contributed by atoms with Crippen molar-refractivity contribution in [1.82, 2.24) is 4.98 Å². The summed E-state index contributed by atoms with van der Waals surface area (Å²) in [6, 6.07) is 11.6. The van der Waals surface area contributed by atoms with Gasteiger partial charge >= 0.3 is 0 Å². The fourth-order valence-electron chi connectivity index (χ4n) is 1.63. The van der Waals surface area contributed by atoms with Crippen LogP contribution in [0.2, 0.25) is 5.02 Å². The van der Waals surface area contributed by atoms with E-state index in [0.717, 1.165) is 11.1 Å². The Bertz CT molecular complexity index is 602. The predicted octanol–water partition coefficient (Wildman–Crippen LogP) is 2.68. The molecule has 0 aliphatic heterocycles. The van der Waals surface area contributed by atoms with E-state index in [1.54, 1.807) is 12.3 Å². The number of hydrogen-bond donors (Lipinski definition) is 2. The molecule has 0 fully saturated rings. The first kappa shape index (κ1) is 13.3. The highest BCUT2D eigenvalue weighted by Gasteiger charge is 2.06. The summed E-state index contributed by atoms with van der Waals surface area (Å²) in [5.74, 6) is 0.517. The lowest BCUT2D eigenvalue weighted by Gasteiger charge is -2.08. The fourth-order valence-corrected chi connectivity index (χ4v) is 1.85. The molecule has 5 heteroatoms. The van der Waals surface area contributed by atoms with Crippen LogP contribution in [0.5, 0.6) is 0 Å². The maximum absolute atomic E-state index is 8.88. The van der Waals surface area contributed by atoms with Gasteiger partial charge in [0.2, 0.25) is 0 Å². The molecular formula is C14H13ClN4. The van der Waals surface area contributed by atoms with Crippen molar-refractivity contribution in [3.63, 3.8) is 0 Å². The highest BCUT2D eigenvalue weighted by molar-refractivity contribution is 6.34. The Morgan fingerprint density at radius 1 is 1.21 bits per heavy atom. The van der Waals surface area contributed by atoms with E-state index >= 15 is 0 Å². The summed E-state index contributed by atoms with van der Waals surface area (Å²) in [6.45, 7) is 1.12. The number of nitrogens with zero attached hydrogens (tertiary/aromatic N) is 2. The van der Waals surface area contributed by atoms with Crippen molar-refractivity contribution in [2.75, 3.05) is 5.32 Å². The van der Waals surface area contributed by atoms with Gasteiger partial charge in [0.25, 0.3) is 0 Å². The number of halogens is 1. The van der Waals surface area contributed by atoms with Crippen LogP contribution >= 0.6 is 11.6 Å². The Hall–Kier alpha value is -2.09. The summed E-state index contributed by atoms with van der Waals surface area (Å²) >= 11 is 6.06. The lowest BCUT2D eigenvalue weighted by molar-refractivity contribution is 1.05. The van der Waals surface area contributed by atoms with Crippen LogP contribution in [0.1, 0.15) is 16.7 Å². The van der Waals surface area contributed by atoms with Crippen molar-refractivity contribution in [3.05, 3.63) is 58.2 Å². The second-order valence-electron chi connectivity index (χ2n) is 4.01. The molecule has 0 atom stereocenters. The quantitative estimate of drug-likeness (QED) is 0.897. The summed E-state index contributed by atoms with van der Waals surface area (Å²) in [5.41, 5.74) is 8.14. The van der Waals surface area contributed by atoms with Gasteiger partial charge in [-0.2, -0.15) is 5.26 Å². The van der Waals surface area contributed by atoms with E-state index in [9.17, 15) is 0 Å². The molecule has 0 spiro atoms. The molecule has 1 heterocycles. The molecule has 0 saturated heterocycles. The van der Waals surface area contributed by atoms with Gasteiger partial charge in [0.05, 0.1) is 5.56 Å². The third kappa shape index (κ3) is 3.22. The minimum absolute atomic E-state index is 0.351. The van der Waals surface area contributed by atoms with E-state index in [1.807, 2.05) is 30.3 Å². The Labute approximate surface area is 116 Å². The average Bonchev–Trinajstić information content (AvgIpc) is 2.47. The van der Waals surface area contributed by atoms with Gasteiger partial charge in [0.15, 0.2) is 0 Å². The van der Waals surface area contributed by atoms with Crippen LogP contribution in [0, 0.1) is 11.3 Å². The Morgan fingerprint density at radius 2 is 1.89 bits per heavy atom. The lowest BCUT2D eigenvalue weighted by atomic mass is 10.1. The van der Waals surface area contributed by atoms with Gasteiger partial charge in [0.1, 0.15) is 16.9 Å². The van der Waals surface area contributed by atoms with Crippen LogP contribution in [-0.4, -0.2) is 4.98 Å². The Morgan fingerprint density at radius 3 is 2.53 bits per heavy atom. The molecule has 0 unspecified atom stereocenters. The second-order valence-corrected chi connectivity index (χ2v) is 4.39. The number of pyridine rings is 1. The average molecular weight is 273 g/mol. The Balaban J connectivity index is 2.08. The molecule has 1 aromatic carbocycles. The standard InChI is InChI=1S/C14H13ClN4/c15-13-12(8-17)5-6-18-14(13)19-9-11-3-1-10(7-16)2-4-11/h1-6H,7,9,16H2,(H,18,19). The lowest BCUT2D eigenvalue weighted by Crippen LogP contribution is -2.03. The topological polar surface area (TPSA) is 74.7 Å². The molecule has 0 aliphatic carbocycles. The molecule has 3 N–H and O–H groups in total. The van der Waals surface area contributed by atoms with Crippen molar-refractivity contribution >= 4 is 17.4 Å². The number of nitrogens with two attached hydrogens (primary N) is 1. The molecule has 1 aromatic heterocycles. The Kier molecular flexibility index (Phi) is 4.35. The van der Waals surface area contributed by atoms with Crippen molar-refractivity contribution in [2.24, 2.45) is 5.73 Å². The van der Waals surface area contributed by atoms with Gasteiger partial charge < -0.3 is 11.1 Å².